The van der Waals surface area contributed by atoms with E-state index in [0.29, 0.717) is 12.1 Å². The number of anilines is 1. The smallest absolute Gasteiger partial charge is 0.409 e. The molecule has 3 aromatic heterocycles. The number of nitrogens with zero attached hydrogens (tertiary/aromatic N) is 6. The van der Waals surface area contributed by atoms with Gasteiger partial charge < -0.3 is 18.6 Å². The van der Waals surface area contributed by atoms with Crippen LogP contribution in [-0.4, -0.2) is 65.5 Å². The topological polar surface area (TPSA) is 108 Å². The summed E-state index contributed by atoms with van der Waals surface area (Å²) in [6.45, 7) is 10.4. The molecule has 4 heterocycles. The molecular weight excluding hydrogens is 698 g/mol. The molecule has 0 aliphatic carbocycles. The van der Waals surface area contributed by atoms with Crippen molar-refractivity contribution in [2.45, 2.75) is 64.4 Å². The Morgan fingerprint density at radius 1 is 1.02 bits per heavy atom. The molecule has 0 radical (unpaired) electrons. The summed E-state index contributed by atoms with van der Waals surface area (Å²) in [6, 6.07) is 2.78. The largest absolute Gasteiger partial charge is 0.416 e. The number of alkyl halides is 6. The van der Waals surface area contributed by atoms with Crippen LogP contribution in [0.4, 0.5) is 32.2 Å². The van der Waals surface area contributed by atoms with Crippen molar-refractivity contribution in [3.63, 3.8) is 0 Å². The third-order valence-corrected chi connectivity index (χ3v) is 13.4. The lowest BCUT2D eigenvalue weighted by atomic mass is 10.0. The standard InChI is InChI=1S/C31H33ClF6N6O4Si/c1-29(2,3)49(4,5)47-17-23-24(25(41-48-23)21-15-39-7-6-22(21)32)27(45)26-28(43-8-10-46-11-9-43)44(42-40-26)16-18-12-19(30(33,34)35)14-20(13-18)31(36,37)38/h6-7,12-15H,8-11,16-17H2,1-5H3. The van der Waals surface area contributed by atoms with Gasteiger partial charge >= 0.3 is 12.4 Å². The van der Waals surface area contributed by atoms with E-state index in [-0.39, 0.29) is 88.7 Å². The minimum Gasteiger partial charge on any atom is -0.409 e. The highest BCUT2D eigenvalue weighted by atomic mass is 35.5. The fourth-order valence-electron chi connectivity index (χ4n) is 4.91. The molecule has 1 saturated heterocycles. The van der Waals surface area contributed by atoms with Crippen LogP contribution in [0.5, 0.6) is 0 Å². The minimum absolute atomic E-state index is 0.0476. The number of ketones is 1. The maximum atomic E-state index is 14.6. The molecule has 10 nitrogen and oxygen atoms in total. The molecule has 0 amide bonds. The Morgan fingerprint density at radius 2 is 1.65 bits per heavy atom. The lowest BCUT2D eigenvalue weighted by Gasteiger charge is -2.35. The molecule has 1 aliphatic rings. The monoisotopic (exact) mass is 730 g/mol. The molecule has 1 fully saturated rings. The van der Waals surface area contributed by atoms with Crippen molar-refractivity contribution in [2.24, 2.45) is 0 Å². The molecule has 4 aromatic rings. The normalized spacial score (nSPS) is 14.8. The third kappa shape index (κ3) is 7.84. The molecule has 0 atom stereocenters. The summed E-state index contributed by atoms with van der Waals surface area (Å²) >= 11 is 6.47. The summed E-state index contributed by atoms with van der Waals surface area (Å²) < 4.78 is 100. The number of benzene rings is 1. The maximum absolute atomic E-state index is 14.6. The Bertz CT molecular complexity index is 1800. The van der Waals surface area contributed by atoms with Gasteiger partial charge in [0.25, 0.3) is 0 Å². The fourth-order valence-corrected chi connectivity index (χ4v) is 6.03. The van der Waals surface area contributed by atoms with E-state index in [1.807, 2.05) is 33.9 Å². The Hall–Kier alpha value is -3.80. The van der Waals surface area contributed by atoms with Crippen molar-refractivity contribution >= 4 is 31.5 Å². The van der Waals surface area contributed by atoms with Gasteiger partial charge in [0.2, 0.25) is 5.78 Å². The first-order valence-electron chi connectivity index (χ1n) is 15.1. The van der Waals surface area contributed by atoms with E-state index in [1.165, 1.54) is 18.5 Å². The zero-order valence-electron chi connectivity index (χ0n) is 27.2. The van der Waals surface area contributed by atoms with Crippen LogP contribution in [0.15, 0.2) is 41.2 Å². The molecule has 0 saturated carbocycles. The van der Waals surface area contributed by atoms with Gasteiger partial charge in [-0.2, -0.15) is 26.3 Å². The average Bonchev–Trinajstić information content (AvgIpc) is 3.63. The number of pyridine rings is 1. The van der Waals surface area contributed by atoms with Crippen LogP contribution in [0.2, 0.25) is 23.2 Å². The molecule has 1 aliphatic heterocycles. The second-order valence-corrected chi connectivity index (χ2v) is 18.2. The van der Waals surface area contributed by atoms with Crippen molar-refractivity contribution in [3.8, 4) is 11.3 Å². The van der Waals surface area contributed by atoms with Gasteiger partial charge in [0.1, 0.15) is 5.69 Å². The van der Waals surface area contributed by atoms with Crippen molar-refractivity contribution in [1.82, 2.24) is 25.1 Å². The van der Waals surface area contributed by atoms with E-state index in [2.05, 4.69) is 20.5 Å². The van der Waals surface area contributed by atoms with Crippen LogP contribution >= 0.6 is 11.6 Å². The van der Waals surface area contributed by atoms with Crippen molar-refractivity contribution in [1.29, 1.82) is 0 Å². The number of hydrogen-bond acceptors (Lipinski definition) is 9. The lowest BCUT2D eigenvalue weighted by molar-refractivity contribution is -0.143. The van der Waals surface area contributed by atoms with E-state index < -0.39 is 44.1 Å². The number of ether oxygens (including phenoxy) is 1. The van der Waals surface area contributed by atoms with E-state index in [1.54, 1.807) is 4.90 Å². The molecule has 49 heavy (non-hydrogen) atoms. The molecule has 1 aromatic carbocycles. The highest BCUT2D eigenvalue weighted by molar-refractivity contribution is 6.74. The summed E-state index contributed by atoms with van der Waals surface area (Å²) in [6.07, 6.45) is -7.24. The predicted molar refractivity (Wildman–Crippen MR) is 169 cm³/mol. The second-order valence-electron chi connectivity index (χ2n) is 13.0. The first-order valence-corrected chi connectivity index (χ1v) is 18.4. The van der Waals surface area contributed by atoms with Crippen molar-refractivity contribution in [2.75, 3.05) is 31.2 Å². The van der Waals surface area contributed by atoms with E-state index in [0.717, 1.165) is 4.68 Å². The van der Waals surface area contributed by atoms with Crippen LogP contribution in [0.3, 0.4) is 0 Å². The predicted octanol–water partition coefficient (Wildman–Crippen LogP) is 7.66. The van der Waals surface area contributed by atoms with Gasteiger partial charge in [0, 0.05) is 31.0 Å². The first-order chi connectivity index (χ1) is 22.8. The Balaban J connectivity index is 1.64. The van der Waals surface area contributed by atoms with Gasteiger partial charge in [0.05, 0.1) is 48.1 Å². The Morgan fingerprint density at radius 3 is 2.22 bits per heavy atom. The lowest BCUT2D eigenvalue weighted by Crippen LogP contribution is -2.40. The molecule has 0 spiro atoms. The van der Waals surface area contributed by atoms with E-state index in [9.17, 15) is 31.1 Å². The molecule has 5 rings (SSSR count). The SMILES string of the molecule is CC(C)(C)[Si](C)(C)OCc1onc(-c2cnccc2Cl)c1C(=O)c1nnn(Cc2cc(C(F)(F)F)cc(C(F)(F)F)c2)c1N1CCOCC1. The zero-order valence-corrected chi connectivity index (χ0v) is 28.9. The van der Waals surface area contributed by atoms with Crippen LogP contribution in [0.25, 0.3) is 11.3 Å². The van der Waals surface area contributed by atoms with E-state index >= 15 is 0 Å². The highest BCUT2D eigenvalue weighted by Gasteiger charge is 2.40. The van der Waals surface area contributed by atoms with Crippen LogP contribution in [-0.2, 0) is 34.7 Å². The highest BCUT2D eigenvalue weighted by Crippen LogP contribution is 2.40. The quantitative estimate of drug-likeness (QED) is 0.0975. The summed E-state index contributed by atoms with van der Waals surface area (Å²) in [5.74, 6) is -0.586. The second kappa shape index (κ2) is 13.5. The zero-order chi connectivity index (χ0) is 35.9. The van der Waals surface area contributed by atoms with Gasteiger partial charge in [-0.25, -0.2) is 4.68 Å². The number of morpholine rings is 1. The summed E-state index contributed by atoms with van der Waals surface area (Å²) in [4.78, 5) is 20.4. The van der Waals surface area contributed by atoms with Gasteiger partial charge in [0.15, 0.2) is 25.6 Å². The van der Waals surface area contributed by atoms with Crippen LogP contribution < -0.4 is 4.90 Å². The minimum atomic E-state index is -5.05. The summed E-state index contributed by atoms with van der Waals surface area (Å²) in [7, 11) is -2.37. The van der Waals surface area contributed by atoms with Crippen LogP contribution in [0, 0.1) is 0 Å². The molecule has 264 valence electrons. The van der Waals surface area contributed by atoms with Gasteiger partial charge in [-0.1, -0.05) is 42.7 Å². The van der Waals surface area contributed by atoms with Crippen molar-refractivity contribution < 1.29 is 44.8 Å². The van der Waals surface area contributed by atoms with Gasteiger partial charge in [-0.05, 0) is 48.0 Å². The molecule has 18 heteroatoms. The van der Waals surface area contributed by atoms with Crippen molar-refractivity contribution in [3.05, 3.63) is 75.4 Å². The molecule has 0 N–H and O–H groups in total. The van der Waals surface area contributed by atoms with Gasteiger partial charge in [-0.3, -0.25) is 9.78 Å². The molecule has 0 unspecified atom stereocenters. The Labute approximate surface area is 283 Å². The first kappa shape index (κ1) is 36.5. The summed E-state index contributed by atoms with van der Waals surface area (Å²) in [5.41, 5.74) is -3.26. The number of aromatic nitrogens is 5. The van der Waals surface area contributed by atoms with Crippen LogP contribution in [0.1, 0.15) is 59.3 Å². The van der Waals surface area contributed by atoms with E-state index in [4.69, 9.17) is 25.3 Å². The molecular formula is C31H33ClF6N6O4Si. The number of carbonyl (C=O) groups excluding carboxylic acids is 1. The molecule has 0 bridgehead atoms. The average molecular weight is 731 g/mol. The fraction of sp³-hybridized carbons (Fsp3) is 0.452. The number of rotatable bonds is 9. The number of carbonyl (C=O) groups is 1. The van der Waals surface area contributed by atoms with Gasteiger partial charge in [-0.15, -0.1) is 5.10 Å². The number of hydrogen-bond donors (Lipinski definition) is 0. The number of halogens is 7. The third-order valence-electron chi connectivity index (χ3n) is 8.60. The summed E-state index contributed by atoms with van der Waals surface area (Å²) in [5, 5.41) is 12.4. The Kier molecular flexibility index (Phi) is 10.0. The maximum Gasteiger partial charge on any atom is 0.416 e.